The number of aryl methyl sites for hydroxylation is 1. The lowest BCUT2D eigenvalue weighted by atomic mass is 10.2. The molecule has 5 aromatic rings. The van der Waals surface area contributed by atoms with Crippen molar-refractivity contribution in [3.8, 4) is 22.8 Å². The van der Waals surface area contributed by atoms with Crippen molar-refractivity contribution in [2.24, 2.45) is 0 Å². The lowest BCUT2D eigenvalue weighted by Crippen LogP contribution is -2.38. The fourth-order valence-electron chi connectivity index (χ4n) is 5.15. The first kappa shape index (κ1) is 21.7. The Hall–Kier alpha value is -3.53. The molecule has 0 spiro atoms. The maximum Gasteiger partial charge on any atom is 0.148 e. The molecule has 2 saturated heterocycles. The highest BCUT2D eigenvalue weighted by molar-refractivity contribution is 6.36. The van der Waals surface area contributed by atoms with Crippen molar-refractivity contribution in [1.82, 2.24) is 34.6 Å². The lowest BCUT2D eigenvalue weighted by molar-refractivity contribution is 0.0290. The lowest BCUT2D eigenvalue weighted by Gasteiger charge is -2.26. The Labute approximate surface area is 212 Å². The van der Waals surface area contributed by atoms with E-state index in [2.05, 4.69) is 25.0 Å². The van der Waals surface area contributed by atoms with Gasteiger partial charge in [0.15, 0.2) is 0 Å². The zero-order valence-electron chi connectivity index (χ0n) is 19.7. The number of halogens is 1. The number of fused-ring (bicyclic) bond motifs is 4. The largest absolute Gasteiger partial charge is 0.456 e. The minimum atomic E-state index is 0.409. The molecule has 10 heteroatoms. The number of likely N-dealkylation sites (tertiary alicyclic amines) is 1. The Morgan fingerprint density at radius 3 is 2.92 bits per heavy atom. The van der Waals surface area contributed by atoms with Gasteiger partial charge in [0.2, 0.25) is 0 Å². The van der Waals surface area contributed by atoms with Crippen LogP contribution in [-0.2, 0) is 11.3 Å². The molecule has 7 rings (SSSR count). The Morgan fingerprint density at radius 1 is 1.14 bits per heavy atom. The third-order valence-corrected chi connectivity index (χ3v) is 7.34. The van der Waals surface area contributed by atoms with E-state index in [4.69, 9.17) is 26.1 Å². The zero-order chi connectivity index (χ0) is 24.2. The van der Waals surface area contributed by atoms with E-state index in [1.54, 1.807) is 6.20 Å². The second-order valence-corrected chi connectivity index (χ2v) is 9.81. The molecule has 2 aliphatic rings. The predicted octanol–water partition coefficient (Wildman–Crippen LogP) is 4.60. The molecule has 2 bridgehead atoms. The van der Waals surface area contributed by atoms with Crippen molar-refractivity contribution in [1.29, 1.82) is 0 Å². The van der Waals surface area contributed by atoms with Gasteiger partial charge in [-0.25, -0.2) is 9.97 Å². The summed E-state index contributed by atoms with van der Waals surface area (Å²) in [6, 6.07) is 9.94. The number of imidazole rings is 1. The Bertz CT molecular complexity index is 1600. The summed E-state index contributed by atoms with van der Waals surface area (Å²) in [4.78, 5) is 19.5. The van der Waals surface area contributed by atoms with Gasteiger partial charge in [0.05, 0.1) is 53.9 Å². The van der Waals surface area contributed by atoms with E-state index in [9.17, 15) is 0 Å². The summed E-state index contributed by atoms with van der Waals surface area (Å²) >= 11 is 6.75. The standard InChI is InChI=1S/C26H24ClN7O2/c1-15-30-20-3-2-18(9-22(20)31-15)36-24-5-4-21-26(25(24)27)32-23(11-28-21)16-10-29-34(12-16)7-6-33-13-19-8-17(33)14-35-19/h2-5,9-12,17,19H,6-8,13-14H2,1H3,(H,30,31). The first-order valence-corrected chi connectivity index (χ1v) is 12.4. The molecule has 2 aromatic carbocycles. The van der Waals surface area contributed by atoms with E-state index in [0.29, 0.717) is 39.7 Å². The van der Waals surface area contributed by atoms with Crippen LogP contribution in [0.25, 0.3) is 33.3 Å². The Morgan fingerprint density at radius 2 is 2.06 bits per heavy atom. The summed E-state index contributed by atoms with van der Waals surface area (Å²) in [5, 5.41) is 4.96. The quantitative estimate of drug-likeness (QED) is 0.363. The number of morpholine rings is 1. The molecule has 36 heavy (non-hydrogen) atoms. The maximum atomic E-state index is 6.75. The topological polar surface area (TPSA) is 94.0 Å². The summed E-state index contributed by atoms with van der Waals surface area (Å²) in [5.74, 6) is 2.04. The number of hydrogen-bond donors (Lipinski definition) is 1. The minimum Gasteiger partial charge on any atom is -0.456 e. The van der Waals surface area contributed by atoms with Crippen LogP contribution in [0.5, 0.6) is 11.5 Å². The van der Waals surface area contributed by atoms with Gasteiger partial charge in [-0.2, -0.15) is 5.10 Å². The molecule has 0 radical (unpaired) electrons. The molecule has 182 valence electrons. The van der Waals surface area contributed by atoms with Crippen LogP contribution in [0.4, 0.5) is 0 Å². The van der Waals surface area contributed by atoms with Crippen LogP contribution in [0.3, 0.4) is 0 Å². The molecule has 0 saturated carbocycles. The van der Waals surface area contributed by atoms with E-state index in [0.717, 1.165) is 60.8 Å². The number of H-pyrrole nitrogens is 1. The second-order valence-electron chi connectivity index (χ2n) is 9.44. The van der Waals surface area contributed by atoms with Crippen LogP contribution < -0.4 is 4.74 Å². The molecule has 9 nitrogen and oxygen atoms in total. The maximum absolute atomic E-state index is 6.75. The predicted molar refractivity (Wildman–Crippen MR) is 136 cm³/mol. The van der Waals surface area contributed by atoms with E-state index in [-0.39, 0.29) is 0 Å². The van der Waals surface area contributed by atoms with Crippen molar-refractivity contribution in [2.75, 3.05) is 19.7 Å². The van der Waals surface area contributed by atoms with Gasteiger partial charge >= 0.3 is 0 Å². The van der Waals surface area contributed by atoms with Crippen LogP contribution in [0.15, 0.2) is 48.9 Å². The molecule has 2 fully saturated rings. The Balaban J connectivity index is 1.12. The fraction of sp³-hybridized carbons (Fsp3) is 0.308. The number of rotatable bonds is 6. The van der Waals surface area contributed by atoms with Gasteiger partial charge in [0.25, 0.3) is 0 Å². The van der Waals surface area contributed by atoms with Gasteiger partial charge in [0.1, 0.15) is 27.9 Å². The van der Waals surface area contributed by atoms with Crippen molar-refractivity contribution in [3.63, 3.8) is 0 Å². The molecule has 2 unspecified atom stereocenters. The average Bonchev–Trinajstić information content (AvgIpc) is 3.68. The summed E-state index contributed by atoms with van der Waals surface area (Å²) in [6.07, 6.45) is 7.15. The fourth-order valence-corrected chi connectivity index (χ4v) is 5.39. The number of hydrogen-bond acceptors (Lipinski definition) is 7. The number of nitrogens with one attached hydrogen (secondary N) is 1. The number of ether oxygens (including phenoxy) is 2. The minimum absolute atomic E-state index is 0.409. The van der Waals surface area contributed by atoms with Crippen LogP contribution in [0.2, 0.25) is 5.02 Å². The summed E-state index contributed by atoms with van der Waals surface area (Å²) < 4.78 is 13.8. The van der Waals surface area contributed by atoms with Gasteiger partial charge in [-0.1, -0.05) is 11.6 Å². The van der Waals surface area contributed by atoms with E-state index < -0.39 is 0 Å². The molecule has 0 amide bonds. The highest BCUT2D eigenvalue weighted by Gasteiger charge is 2.38. The average molecular weight is 502 g/mol. The molecule has 2 aliphatic heterocycles. The monoisotopic (exact) mass is 501 g/mol. The summed E-state index contributed by atoms with van der Waals surface area (Å²) in [7, 11) is 0. The van der Waals surface area contributed by atoms with Gasteiger partial charge in [0, 0.05) is 37.0 Å². The first-order chi connectivity index (χ1) is 17.6. The third-order valence-electron chi connectivity index (χ3n) is 6.98. The van der Waals surface area contributed by atoms with E-state index in [1.165, 1.54) is 0 Å². The third kappa shape index (κ3) is 3.89. The van der Waals surface area contributed by atoms with Crippen LogP contribution in [0.1, 0.15) is 12.2 Å². The second kappa shape index (κ2) is 8.55. The molecule has 3 aromatic heterocycles. The van der Waals surface area contributed by atoms with Gasteiger partial charge in [-0.05, 0) is 37.6 Å². The van der Waals surface area contributed by atoms with Crippen molar-refractivity contribution in [2.45, 2.75) is 32.0 Å². The van der Waals surface area contributed by atoms with Crippen LogP contribution >= 0.6 is 11.6 Å². The number of aromatic nitrogens is 6. The van der Waals surface area contributed by atoms with Crippen molar-refractivity contribution >= 4 is 33.7 Å². The van der Waals surface area contributed by atoms with Gasteiger partial charge in [-0.15, -0.1) is 0 Å². The van der Waals surface area contributed by atoms with Gasteiger partial charge in [-0.3, -0.25) is 14.6 Å². The number of aromatic amines is 1. The van der Waals surface area contributed by atoms with E-state index >= 15 is 0 Å². The highest BCUT2D eigenvalue weighted by Crippen LogP contribution is 2.35. The molecular weight excluding hydrogens is 478 g/mol. The normalized spacial score (nSPS) is 19.6. The Kier molecular flexibility index (Phi) is 5.16. The summed E-state index contributed by atoms with van der Waals surface area (Å²) in [6.45, 7) is 5.58. The molecule has 0 aliphatic carbocycles. The molecule has 2 atom stereocenters. The molecular formula is C26H24ClN7O2. The number of benzene rings is 2. The SMILES string of the molecule is Cc1nc2ccc(Oc3ccc4ncc(-c5cnn(CCN6CC7CC6CO7)c5)nc4c3Cl)cc2[nH]1. The number of nitrogens with zero attached hydrogens (tertiary/aromatic N) is 6. The van der Waals surface area contributed by atoms with Crippen LogP contribution in [-0.4, -0.2) is 66.5 Å². The van der Waals surface area contributed by atoms with Gasteiger partial charge < -0.3 is 14.5 Å². The van der Waals surface area contributed by atoms with E-state index in [1.807, 2.05) is 54.3 Å². The highest BCUT2D eigenvalue weighted by atomic mass is 35.5. The molecule has 5 heterocycles. The smallest absolute Gasteiger partial charge is 0.148 e. The molecule has 1 N–H and O–H groups in total. The van der Waals surface area contributed by atoms with Crippen molar-refractivity contribution in [3.05, 3.63) is 59.8 Å². The summed E-state index contributed by atoms with van der Waals surface area (Å²) in [5.41, 5.74) is 4.71. The zero-order valence-corrected chi connectivity index (χ0v) is 20.4. The van der Waals surface area contributed by atoms with Crippen LogP contribution in [0, 0.1) is 6.92 Å². The van der Waals surface area contributed by atoms with Crippen molar-refractivity contribution < 1.29 is 9.47 Å². The first-order valence-electron chi connectivity index (χ1n) is 12.1.